The first-order chi connectivity index (χ1) is 12.7. The van der Waals surface area contributed by atoms with Crippen molar-refractivity contribution in [1.82, 2.24) is 14.9 Å². The van der Waals surface area contributed by atoms with Gasteiger partial charge in [-0.1, -0.05) is 48.5 Å². The lowest BCUT2D eigenvalue weighted by Crippen LogP contribution is -2.44. The molecule has 4 rings (SSSR count). The van der Waals surface area contributed by atoms with Gasteiger partial charge < -0.3 is 15.5 Å². The predicted octanol–water partition coefficient (Wildman–Crippen LogP) is 4.41. The van der Waals surface area contributed by atoms with Gasteiger partial charge in [-0.3, -0.25) is 0 Å². The molecule has 0 spiro atoms. The van der Waals surface area contributed by atoms with Gasteiger partial charge in [-0.25, -0.2) is 4.98 Å². The molecule has 1 aliphatic rings. The minimum absolute atomic E-state index is 0. The van der Waals surface area contributed by atoms with Crippen molar-refractivity contribution in [2.75, 3.05) is 43.9 Å². The molecule has 156 valence electrons. The van der Waals surface area contributed by atoms with Crippen LogP contribution in [0.2, 0.25) is 0 Å². The highest BCUT2D eigenvalue weighted by Gasteiger charge is 2.17. The van der Waals surface area contributed by atoms with Crippen molar-refractivity contribution in [3.05, 3.63) is 60.7 Å². The number of nitrogens with two attached hydrogens (primary N) is 1. The molecule has 2 heterocycles. The van der Waals surface area contributed by atoms with Crippen molar-refractivity contribution in [3.63, 3.8) is 0 Å². The van der Waals surface area contributed by atoms with E-state index in [-0.39, 0.29) is 37.2 Å². The molecule has 0 saturated carbocycles. The fraction of sp³-hybridized carbons (Fsp3) is 0.238. The highest BCUT2D eigenvalue weighted by atomic mass is 35.5. The predicted molar refractivity (Wildman–Crippen MR) is 129 cm³/mol. The summed E-state index contributed by atoms with van der Waals surface area (Å²) in [5.41, 5.74) is 10.3. The zero-order valence-corrected chi connectivity index (χ0v) is 18.6. The molecule has 1 saturated heterocycles. The largest absolute Gasteiger partial charge is 0.368 e. The molecule has 1 aliphatic heterocycles. The van der Waals surface area contributed by atoms with Crippen LogP contribution < -0.4 is 10.6 Å². The van der Waals surface area contributed by atoms with Gasteiger partial charge in [0.1, 0.15) is 5.82 Å². The Kier molecular flexibility index (Phi) is 9.66. The Morgan fingerprint density at radius 3 is 2.03 bits per heavy atom. The topological polar surface area (TPSA) is 58.3 Å². The van der Waals surface area contributed by atoms with E-state index in [9.17, 15) is 0 Å². The number of rotatable bonds is 3. The van der Waals surface area contributed by atoms with Gasteiger partial charge in [0, 0.05) is 37.8 Å². The van der Waals surface area contributed by atoms with E-state index in [2.05, 4.69) is 75.3 Å². The molecule has 0 bridgehead atoms. The first kappa shape index (κ1) is 25.0. The van der Waals surface area contributed by atoms with Crippen LogP contribution in [0.4, 0.5) is 11.8 Å². The summed E-state index contributed by atoms with van der Waals surface area (Å²) in [5, 5.41) is 0. The summed E-state index contributed by atoms with van der Waals surface area (Å²) in [5.74, 6) is 1.23. The zero-order valence-electron chi connectivity index (χ0n) is 16.2. The summed E-state index contributed by atoms with van der Waals surface area (Å²) in [6.07, 6.45) is 0. The smallest absolute Gasteiger partial charge is 0.222 e. The van der Waals surface area contributed by atoms with Crippen LogP contribution in [0.3, 0.4) is 0 Å². The van der Waals surface area contributed by atoms with Gasteiger partial charge in [0.15, 0.2) is 0 Å². The molecule has 2 aromatic carbocycles. The van der Waals surface area contributed by atoms with Crippen LogP contribution in [0.15, 0.2) is 60.7 Å². The molecule has 8 heteroatoms. The Labute approximate surface area is 190 Å². The second-order valence-corrected chi connectivity index (χ2v) is 6.71. The average Bonchev–Trinajstić information content (AvgIpc) is 2.69. The second-order valence-electron chi connectivity index (χ2n) is 6.71. The van der Waals surface area contributed by atoms with E-state index < -0.39 is 0 Å². The van der Waals surface area contributed by atoms with E-state index in [1.165, 1.54) is 11.1 Å². The molecular weight excluding hydrogens is 429 g/mol. The van der Waals surface area contributed by atoms with Crippen molar-refractivity contribution in [2.45, 2.75) is 0 Å². The lowest BCUT2D eigenvalue weighted by molar-refractivity contribution is 0.312. The van der Waals surface area contributed by atoms with Crippen LogP contribution in [0.5, 0.6) is 0 Å². The number of nitrogens with zero attached hydrogens (tertiary/aromatic N) is 4. The number of aromatic nitrogens is 2. The van der Waals surface area contributed by atoms with E-state index in [0.29, 0.717) is 5.95 Å². The first-order valence-electron chi connectivity index (χ1n) is 8.93. The first-order valence-corrected chi connectivity index (χ1v) is 8.93. The third-order valence-corrected chi connectivity index (χ3v) is 4.82. The molecule has 29 heavy (non-hydrogen) atoms. The average molecular weight is 455 g/mol. The van der Waals surface area contributed by atoms with Gasteiger partial charge >= 0.3 is 0 Å². The Morgan fingerprint density at radius 2 is 1.34 bits per heavy atom. The van der Waals surface area contributed by atoms with Gasteiger partial charge in [0.25, 0.3) is 0 Å². The number of piperazine rings is 1. The van der Waals surface area contributed by atoms with Crippen LogP contribution in [-0.2, 0) is 0 Å². The molecule has 3 aromatic rings. The lowest BCUT2D eigenvalue weighted by atomic mass is 10.0. The maximum Gasteiger partial charge on any atom is 0.222 e. The van der Waals surface area contributed by atoms with Crippen molar-refractivity contribution in [3.8, 4) is 22.4 Å². The third kappa shape index (κ3) is 5.97. The maximum atomic E-state index is 6.02. The molecule has 0 aliphatic carbocycles. The second kappa shape index (κ2) is 11.2. The number of benzene rings is 2. The van der Waals surface area contributed by atoms with Crippen LogP contribution in [-0.4, -0.2) is 48.1 Å². The maximum absolute atomic E-state index is 6.02. The third-order valence-electron chi connectivity index (χ3n) is 4.82. The normalized spacial score (nSPS) is 13.6. The lowest BCUT2D eigenvalue weighted by Gasteiger charge is -2.33. The molecular formula is C21H26Cl3N5. The molecule has 5 nitrogen and oxygen atoms in total. The van der Waals surface area contributed by atoms with E-state index in [0.717, 1.165) is 43.3 Å². The number of likely N-dealkylation sites (N-methyl/N-ethyl adjacent to an activating group) is 1. The molecule has 0 atom stereocenters. The monoisotopic (exact) mass is 453 g/mol. The SMILES string of the molecule is CN1CCN(c2cc(-c3cccc(-c4ccccc4)c3)nc(N)n2)CC1.Cl.Cl.Cl. The summed E-state index contributed by atoms with van der Waals surface area (Å²) >= 11 is 0. The summed E-state index contributed by atoms with van der Waals surface area (Å²) in [6, 6.07) is 20.8. The van der Waals surface area contributed by atoms with E-state index >= 15 is 0 Å². The Hall–Kier alpha value is -2.05. The molecule has 1 aromatic heterocycles. The summed E-state index contributed by atoms with van der Waals surface area (Å²) in [4.78, 5) is 13.5. The van der Waals surface area contributed by atoms with Crippen molar-refractivity contribution in [2.24, 2.45) is 0 Å². The van der Waals surface area contributed by atoms with Crippen LogP contribution in [0.25, 0.3) is 22.4 Å². The van der Waals surface area contributed by atoms with Gasteiger partial charge in [-0.2, -0.15) is 4.98 Å². The fourth-order valence-electron chi connectivity index (χ4n) is 3.29. The van der Waals surface area contributed by atoms with Crippen LogP contribution in [0.1, 0.15) is 0 Å². The standard InChI is InChI=1S/C21H23N5.3ClH/c1-25-10-12-26(13-11-25)20-15-19(23-21(22)24-20)18-9-5-8-17(14-18)16-6-3-2-4-7-16;;;/h2-9,14-15H,10-13H2,1H3,(H2,22,23,24);3*1H. The fourth-order valence-corrected chi connectivity index (χ4v) is 3.29. The molecule has 2 N–H and O–H groups in total. The number of hydrogen-bond donors (Lipinski definition) is 1. The number of nitrogen functional groups attached to an aromatic ring is 1. The van der Waals surface area contributed by atoms with Gasteiger partial charge in [-0.15, -0.1) is 37.2 Å². The van der Waals surface area contributed by atoms with E-state index in [1.807, 2.05) is 12.1 Å². The number of halogens is 3. The highest BCUT2D eigenvalue weighted by Crippen LogP contribution is 2.27. The summed E-state index contributed by atoms with van der Waals surface area (Å²) in [7, 11) is 2.15. The minimum Gasteiger partial charge on any atom is -0.368 e. The minimum atomic E-state index is 0. The molecule has 0 amide bonds. The molecule has 1 fully saturated rings. The quantitative estimate of drug-likeness (QED) is 0.635. The van der Waals surface area contributed by atoms with Gasteiger partial charge in [0.05, 0.1) is 5.69 Å². The highest BCUT2D eigenvalue weighted by molar-refractivity contribution is 5.86. The van der Waals surface area contributed by atoms with E-state index in [1.54, 1.807) is 0 Å². The number of hydrogen-bond acceptors (Lipinski definition) is 5. The van der Waals surface area contributed by atoms with Crippen LogP contribution in [0, 0.1) is 0 Å². The van der Waals surface area contributed by atoms with Crippen molar-refractivity contribution in [1.29, 1.82) is 0 Å². The van der Waals surface area contributed by atoms with E-state index in [4.69, 9.17) is 5.73 Å². The molecule has 0 radical (unpaired) electrons. The Morgan fingerprint density at radius 1 is 0.724 bits per heavy atom. The van der Waals surface area contributed by atoms with Gasteiger partial charge in [0.2, 0.25) is 5.95 Å². The zero-order chi connectivity index (χ0) is 17.9. The number of anilines is 2. The molecule has 0 unspecified atom stereocenters. The Bertz CT molecular complexity index is 900. The summed E-state index contributed by atoms with van der Waals surface area (Å²) < 4.78 is 0. The van der Waals surface area contributed by atoms with Crippen molar-refractivity contribution < 1.29 is 0 Å². The van der Waals surface area contributed by atoms with Crippen molar-refractivity contribution >= 4 is 49.0 Å². The van der Waals surface area contributed by atoms with Gasteiger partial charge in [-0.05, 0) is 24.2 Å². The van der Waals surface area contributed by atoms with Crippen LogP contribution >= 0.6 is 37.2 Å². The summed E-state index contributed by atoms with van der Waals surface area (Å²) in [6.45, 7) is 3.97. The Balaban J connectivity index is 0.00000140.